The number of carbonyl (C=O) groups is 7. The number of ketones is 1. The van der Waals surface area contributed by atoms with Crippen molar-refractivity contribution in [1.82, 2.24) is 31.9 Å². The van der Waals surface area contributed by atoms with E-state index in [0.29, 0.717) is 5.56 Å². The fourth-order valence-corrected chi connectivity index (χ4v) is 6.03. The second-order valence-electron chi connectivity index (χ2n) is 14.4. The first-order valence-electron chi connectivity index (χ1n) is 18.8. The van der Waals surface area contributed by atoms with E-state index in [9.17, 15) is 38.7 Å². The van der Waals surface area contributed by atoms with Crippen LogP contribution in [0, 0.1) is 17.8 Å². The van der Waals surface area contributed by atoms with Crippen LogP contribution in [0.3, 0.4) is 0 Å². The van der Waals surface area contributed by atoms with Crippen molar-refractivity contribution >= 4 is 41.2 Å². The Bertz CT molecular complexity index is 1410. The van der Waals surface area contributed by atoms with Crippen molar-refractivity contribution in [2.75, 3.05) is 26.2 Å². The monoisotopic (exact) mass is 759 g/mol. The number of nitrogens with one attached hydrogen (secondary N) is 6. The summed E-state index contributed by atoms with van der Waals surface area (Å²) in [7, 11) is 0. The molecule has 0 bridgehead atoms. The second-order valence-corrected chi connectivity index (χ2v) is 14.4. The molecule has 1 saturated heterocycles. The van der Waals surface area contributed by atoms with E-state index in [-0.39, 0.29) is 70.6 Å². The highest BCUT2D eigenvalue weighted by Crippen LogP contribution is 2.15. The molecule has 2 rings (SSSR count). The molecule has 7 unspecified atom stereocenters. The van der Waals surface area contributed by atoms with Crippen LogP contribution < -0.4 is 49.1 Å². The van der Waals surface area contributed by atoms with E-state index >= 15 is 0 Å². The topological polar surface area (TPSA) is 290 Å². The quantitative estimate of drug-likeness (QED) is 0.116. The summed E-state index contributed by atoms with van der Waals surface area (Å²) < 4.78 is 0. The van der Waals surface area contributed by atoms with Crippen molar-refractivity contribution in [1.29, 1.82) is 0 Å². The van der Waals surface area contributed by atoms with Crippen molar-refractivity contribution in [2.45, 2.75) is 109 Å². The van der Waals surface area contributed by atoms with E-state index in [1.807, 2.05) is 13.8 Å². The third kappa shape index (κ3) is 15.1. The van der Waals surface area contributed by atoms with Gasteiger partial charge in [0.25, 0.3) is 0 Å². The fraction of sp³-hybridized carbons (Fsp3) is 0.649. The summed E-state index contributed by atoms with van der Waals surface area (Å²) in [5.74, 6) is -6.39. The molecule has 1 aromatic carbocycles. The summed E-state index contributed by atoms with van der Waals surface area (Å²) in [6, 6.07) is 3.15. The van der Waals surface area contributed by atoms with Gasteiger partial charge in [-0.25, -0.2) is 0 Å². The molecule has 302 valence electrons. The van der Waals surface area contributed by atoms with Crippen LogP contribution in [0.25, 0.3) is 0 Å². The van der Waals surface area contributed by atoms with Gasteiger partial charge < -0.3 is 54.2 Å². The van der Waals surface area contributed by atoms with Gasteiger partial charge in [-0.2, -0.15) is 0 Å². The Morgan fingerprint density at radius 3 is 1.65 bits per heavy atom. The van der Waals surface area contributed by atoms with E-state index in [1.165, 1.54) is 6.92 Å². The highest BCUT2D eigenvalue weighted by atomic mass is 16.3. The lowest BCUT2D eigenvalue weighted by atomic mass is 9.92. The SMILES string of the molecule is CC(C)CC1NC(=O)[C@@H](Cc2ccccc2)NC(=O)C(CCN)NC(=O)C(C)CCNC(=O)C(C(C)O)CC(=O)C(CCN)NC(=O)C(CCN)NC1=O. The van der Waals surface area contributed by atoms with E-state index < -0.39 is 95.8 Å². The van der Waals surface area contributed by atoms with Crippen LogP contribution in [-0.4, -0.2) is 109 Å². The molecule has 0 radical (unpaired) electrons. The lowest BCUT2D eigenvalue weighted by Gasteiger charge is -2.28. The zero-order chi connectivity index (χ0) is 40.4. The van der Waals surface area contributed by atoms with Gasteiger partial charge in [0.15, 0.2) is 5.78 Å². The highest BCUT2D eigenvalue weighted by molar-refractivity contribution is 5.97. The molecule has 0 spiro atoms. The largest absolute Gasteiger partial charge is 0.393 e. The molecule has 0 saturated carbocycles. The molecule has 1 fully saturated rings. The maximum atomic E-state index is 14.0. The smallest absolute Gasteiger partial charge is 0.243 e. The van der Waals surface area contributed by atoms with E-state index in [2.05, 4.69) is 31.9 Å². The predicted octanol–water partition coefficient (Wildman–Crippen LogP) is -2.14. The van der Waals surface area contributed by atoms with Gasteiger partial charge in [0, 0.05) is 25.3 Å². The molecule has 13 N–H and O–H groups in total. The maximum Gasteiger partial charge on any atom is 0.243 e. The summed E-state index contributed by atoms with van der Waals surface area (Å²) in [5.41, 5.74) is 18.1. The van der Waals surface area contributed by atoms with Gasteiger partial charge in [-0.1, -0.05) is 51.1 Å². The molecule has 1 aromatic rings. The second kappa shape index (κ2) is 23.4. The van der Waals surface area contributed by atoms with E-state index in [1.54, 1.807) is 37.3 Å². The molecular weight excluding hydrogens is 698 g/mol. The van der Waals surface area contributed by atoms with Crippen LogP contribution in [0.5, 0.6) is 0 Å². The predicted molar refractivity (Wildman–Crippen MR) is 202 cm³/mol. The summed E-state index contributed by atoms with van der Waals surface area (Å²) in [6.07, 6.45) is -1.24. The van der Waals surface area contributed by atoms with Crippen LogP contribution in [-0.2, 0) is 40.0 Å². The Hall–Kier alpha value is -4.45. The van der Waals surface area contributed by atoms with Gasteiger partial charge in [-0.3, -0.25) is 33.6 Å². The number of benzene rings is 1. The first kappa shape index (κ1) is 45.7. The first-order valence-corrected chi connectivity index (χ1v) is 18.8. The van der Waals surface area contributed by atoms with Gasteiger partial charge >= 0.3 is 0 Å². The minimum atomic E-state index is -1.24. The van der Waals surface area contributed by atoms with Gasteiger partial charge in [0.2, 0.25) is 35.4 Å². The van der Waals surface area contributed by atoms with E-state index in [0.717, 1.165) is 0 Å². The lowest BCUT2D eigenvalue weighted by Crippen LogP contribution is -2.59. The molecular formula is C37H61N9O8. The highest BCUT2D eigenvalue weighted by Gasteiger charge is 2.35. The first-order chi connectivity index (χ1) is 25.6. The molecule has 0 aliphatic carbocycles. The van der Waals surface area contributed by atoms with Crippen LogP contribution >= 0.6 is 0 Å². The van der Waals surface area contributed by atoms with Gasteiger partial charge in [0.05, 0.1) is 18.1 Å². The number of nitrogens with two attached hydrogens (primary N) is 3. The molecule has 17 nitrogen and oxygen atoms in total. The third-order valence-corrected chi connectivity index (χ3v) is 9.26. The van der Waals surface area contributed by atoms with Crippen molar-refractivity contribution in [3.05, 3.63) is 35.9 Å². The molecule has 1 aliphatic heterocycles. The average molecular weight is 760 g/mol. The van der Waals surface area contributed by atoms with Gasteiger partial charge in [-0.15, -0.1) is 0 Å². The number of carbonyl (C=O) groups excluding carboxylic acids is 7. The van der Waals surface area contributed by atoms with Crippen LogP contribution in [0.1, 0.15) is 71.8 Å². The summed E-state index contributed by atoms with van der Waals surface area (Å²) in [5, 5.41) is 26.6. The van der Waals surface area contributed by atoms with E-state index in [4.69, 9.17) is 17.2 Å². The zero-order valence-electron chi connectivity index (χ0n) is 31.9. The number of rotatable bonds is 11. The maximum absolute atomic E-state index is 14.0. The number of aliphatic hydroxyl groups excluding tert-OH is 1. The minimum absolute atomic E-state index is 0.00537. The number of hydrogen-bond acceptors (Lipinski definition) is 11. The molecule has 17 heteroatoms. The Balaban J connectivity index is 2.57. The Morgan fingerprint density at radius 1 is 0.648 bits per heavy atom. The Kier molecular flexibility index (Phi) is 19.8. The number of Topliss-reactive ketones (excluding diaryl/α,β-unsaturated/α-hetero) is 1. The fourth-order valence-electron chi connectivity index (χ4n) is 6.03. The molecule has 8 atom stereocenters. The standard InChI is InChI=1S/C37H61N9O8/c1-21(2)18-29-36(53)44-28(12-16-40)34(51)42-26(10-14-38)31(48)20-25(23(4)47)33(50)41-17-13-22(3)32(49)43-27(11-15-39)35(52)46-30(37(54)45-29)19-24-8-6-5-7-9-24/h5-9,21-23,25-30,47H,10-20,38-40H2,1-4H3,(H,41,50)(H,42,51)(H,43,49)(H,44,53)(H,45,54)(H,46,52)/t22?,23?,25?,26?,27?,28?,29?,30-/m1/s1. The molecule has 54 heavy (non-hydrogen) atoms. The normalized spacial score (nSPS) is 26.8. The van der Waals surface area contributed by atoms with Crippen molar-refractivity contribution in [3.8, 4) is 0 Å². The van der Waals surface area contributed by atoms with Crippen molar-refractivity contribution < 1.29 is 38.7 Å². The third-order valence-electron chi connectivity index (χ3n) is 9.26. The van der Waals surface area contributed by atoms with Gasteiger partial charge in [-0.05, 0) is 70.1 Å². The molecule has 6 amide bonds. The number of hydrogen-bond donors (Lipinski definition) is 10. The Morgan fingerprint density at radius 2 is 1.11 bits per heavy atom. The minimum Gasteiger partial charge on any atom is -0.393 e. The number of aliphatic hydroxyl groups is 1. The van der Waals surface area contributed by atoms with Crippen molar-refractivity contribution in [2.24, 2.45) is 35.0 Å². The summed E-state index contributed by atoms with van der Waals surface area (Å²) in [6.45, 7) is 6.72. The molecule has 1 aliphatic rings. The summed E-state index contributed by atoms with van der Waals surface area (Å²) in [4.78, 5) is 94.9. The van der Waals surface area contributed by atoms with Crippen LogP contribution in [0.4, 0.5) is 0 Å². The Labute approximate surface area is 317 Å². The zero-order valence-corrected chi connectivity index (χ0v) is 31.9. The van der Waals surface area contributed by atoms with Gasteiger partial charge in [0.1, 0.15) is 24.2 Å². The lowest BCUT2D eigenvalue weighted by molar-refractivity contribution is -0.136. The molecule has 1 heterocycles. The summed E-state index contributed by atoms with van der Waals surface area (Å²) >= 11 is 0. The van der Waals surface area contributed by atoms with Crippen LogP contribution in [0.2, 0.25) is 0 Å². The number of amides is 6. The average Bonchev–Trinajstić information content (AvgIpc) is 3.11. The van der Waals surface area contributed by atoms with Crippen LogP contribution in [0.15, 0.2) is 30.3 Å². The van der Waals surface area contributed by atoms with Crippen molar-refractivity contribution in [3.63, 3.8) is 0 Å². The molecule has 0 aromatic heterocycles.